The highest BCUT2D eigenvalue weighted by Crippen LogP contribution is 2.31. The highest BCUT2D eigenvalue weighted by molar-refractivity contribution is 7.89. The second kappa shape index (κ2) is 7.56. The number of nitrogens with one attached hydrogen (secondary N) is 1. The van der Waals surface area contributed by atoms with Crippen LogP contribution < -0.4 is 10.5 Å². The van der Waals surface area contributed by atoms with Crippen molar-refractivity contribution in [3.8, 4) is 0 Å². The third-order valence-electron chi connectivity index (χ3n) is 3.85. The van der Waals surface area contributed by atoms with E-state index in [0.29, 0.717) is 6.54 Å². The molecule has 0 aliphatic carbocycles. The van der Waals surface area contributed by atoms with Crippen LogP contribution >= 0.6 is 0 Å². The monoisotopic (exact) mass is 387 g/mol. The van der Waals surface area contributed by atoms with Crippen LogP contribution in [0.1, 0.15) is 11.1 Å². The van der Waals surface area contributed by atoms with Gasteiger partial charge in [-0.15, -0.1) is 0 Å². The van der Waals surface area contributed by atoms with Crippen LogP contribution in [0.3, 0.4) is 0 Å². The maximum Gasteiger partial charge on any atom is 0.312 e. The van der Waals surface area contributed by atoms with Gasteiger partial charge in [0.25, 0.3) is 0 Å². The Morgan fingerprint density at radius 1 is 1.11 bits per heavy atom. The first-order valence-electron chi connectivity index (χ1n) is 7.94. The Kier molecular flexibility index (Phi) is 5.19. The number of hydrogen-bond acceptors (Lipinski definition) is 6. The number of primary sulfonamides is 1. The Morgan fingerprint density at radius 3 is 2.52 bits per heavy atom. The maximum atomic E-state index is 11.6. The van der Waals surface area contributed by atoms with Gasteiger partial charge in [0.1, 0.15) is 5.69 Å². The zero-order valence-electron chi connectivity index (χ0n) is 14.1. The molecule has 0 aliphatic heterocycles. The Morgan fingerprint density at radius 2 is 1.85 bits per heavy atom. The number of aromatic nitrogens is 2. The normalized spacial score (nSPS) is 11.3. The average Bonchev–Trinajstić information content (AvgIpc) is 3.07. The van der Waals surface area contributed by atoms with Gasteiger partial charge in [0.2, 0.25) is 10.0 Å². The SMILES string of the molecule is NS(=O)(=O)c1cccc(NCc2cnn(Cc3ccccc3)c2)c1[N+](=O)[O-]. The van der Waals surface area contributed by atoms with Crippen molar-refractivity contribution in [3.63, 3.8) is 0 Å². The van der Waals surface area contributed by atoms with Crippen LogP contribution in [0.5, 0.6) is 0 Å². The summed E-state index contributed by atoms with van der Waals surface area (Å²) < 4.78 is 24.9. The molecule has 0 aliphatic rings. The summed E-state index contributed by atoms with van der Waals surface area (Å²) in [6.45, 7) is 0.839. The van der Waals surface area contributed by atoms with Crippen LogP contribution in [0.25, 0.3) is 0 Å². The van der Waals surface area contributed by atoms with Crippen LogP contribution in [0.4, 0.5) is 11.4 Å². The Labute approximate surface area is 155 Å². The van der Waals surface area contributed by atoms with Crippen molar-refractivity contribution in [3.05, 3.63) is 82.2 Å². The van der Waals surface area contributed by atoms with E-state index < -0.39 is 25.5 Å². The van der Waals surface area contributed by atoms with Gasteiger partial charge in [-0.1, -0.05) is 36.4 Å². The molecule has 0 bridgehead atoms. The Bertz CT molecular complexity index is 1060. The minimum Gasteiger partial charge on any atom is -0.375 e. The van der Waals surface area contributed by atoms with Gasteiger partial charge in [-0.05, 0) is 17.7 Å². The lowest BCUT2D eigenvalue weighted by Gasteiger charge is -2.08. The number of sulfonamides is 1. The third-order valence-corrected chi connectivity index (χ3v) is 4.79. The number of anilines is 1. The van der Waals surface area contributed by atoms with Crippen LogP contribution in [-0.4, -0.2) is 23.1 Å². The topological polar surface area (TPSA) is 133 Å². The van der Waals surface area contributed by atoms with Crippen molar-refractivity contribution < 1.29 is 13.3 Å². The van der Waals surface area contributed by atoms with Gasteiger partial charge in [0.05, 0.1) is 17.7 Å². The predicted octanol–water partition coefficient (Wildman–Crippen LogP) is 2.10. The number of para-hydroxylation sites is 1. The molecule has 0 fully saturated rings. The molecule has 27 heavy (non-hydrogen) atoms. The molecule has 1 heterocycles. The summed E-state index contributed by atoms with van der Waals surface area (Å²) in [4.78, 5) is 10.0. The third kappa shape index (κ3) is 4.49. The second-order valence-corrected chi connectivity index (χ2v) is 7.37. The number of rotatable bonds is 7. The maximum absolute atomic E-state index is 11.6. The van der Waals surface area contributed by atoms with Gasteiger partial charge in [-0.2, -0.15) is 5.10 Å². The highest BCUT2D eigenvalue weighted by Gasteiger charge is 2.26. The number of hydrogen-bond donors (Lipinski definition) is 2. The largest absolute Gasteiger partial charge is 0.375 e. The average molecular weight is 387 g/mol. The first-order valence-corrected chi connectivity index (χ1v) is 9.48. The van der Waals surface area contributed by atoms with Crippen LogP contribution in [-0.2, 0) is 23.1 Å². The first kappa shape index (κ1) is 18.5. The molecule has 0 saturated carbocycles. The molecule has 0 atom stereocenters. The van der Waals surface area contributed by atoms with Gasteiger partial charge < -0.3 is 5.32 Å². The molecule has 3 rings (SSSR count). The van der Waals surface area contributed by atoms with Crippen molar-refractivity contribution in [2.75, 3.05) is 5.32 Å². The number of nitrogens with two attached hydrogens (primary N) is 1. The molecular formula is C17H17N5O4S. The summed E-state index contributed by atoms with van der Waals surface area (Å²) in [6.07, 6.45) is 3.46. The quantitative estimate of drug-likeness (QED) is 0.471. The van der Waals surface area contributed by atoms with E-state index in [-0.39, 0.29) is 12.2 Å². The van der Waals surface area contributed by atoms with Crippen LogP contribution in [0, 0.1) is 10.1 Å². The minimum absolute atomic E-state index is 0.0716. The second-order valence-electron chi connectivity index (χ2n) is 5.84. The fourth-order valence-corrected chi connectivity index (χ4v) is 3.36. The van der Waals surface area contributed by atoms with E-state index in [9.17, 15) is 18.5 Å². The standard InChI is InChI=1S/C17H17N5O4S/c18-27(25,26)16-8-4-7-15(17(16)22(23)24)19-9-14-10-20-21(12-14)11-13-5-2-1-3-6-13/h1-8,10,12,19H,9,11H2,(H2,18,25,26). The van der Waals surface area contributed by atoms with Gasteiger partial charge in [-0.25, -0.2) is 13.6 Å². The molecule has 2 aromatic carbocycles. The molecular weight excluding hydrogens is 370 g/mol. The molecule has 1 aromatic heterocycles. The molecule has 140 valence electrons. The van der Waals surface area contributed by atoms with Crippen molar-refractivity contribution in [2.24, 2.45) is 5.14 Å². The molecule has 0 radical (unpaired) electrons. The first-order chi connectivity index (χ1) is 12.8. The Hall–Kier alpha value is -3.24. The van der Waals surface area contributed by atoms with Gasteiger partial charge in [0, 0.05) is 18.3 Å². The molecule has 9 nitrogen and oxygen atoms in total. The van der Waals surface area contributed by atoms with Crippen molar-refractivity contribution in [1.82, 2.24) is 9.78 Å². The summed E-state index contributed by atoms with van der Waals surface area (Å²) in [5.41, 5.74) is 1.39. The molecule has 3 N–H and O–H groups in total. The lowest BCUT2D eigenvalue weighted by Crippen LogP contribution is -2.15. The van der Waals surface area contributed by atoms with Crippen molar-refractivity contribution in [2.45, 2.75) is 18.0 Å². The van der Waals surface area contributed by atoms with Gasteiger partial charge in [-0.3, -0.25) is 14.8 Å². The summed E-state index contributed by atoms with van der Waals surface area (Å²) >= 11 is 0. The Balaban J connectivity index is 1.77. The molecule has 3 aromatic rings. The van der Waals surface area contributed by atoms with E-state index in [0.717, 1.165) is 17.2 Å². The molecule has 0 saturated heterocycles. The lowest BCUT2D eigenvalue weighted by molar-refractivity contribution is -0.386. The van der Waals surface area contributed by atoms with E-state index in [4.69, 9.17) is 5.14 Å². The highest BCUT2D eigenvalue weighted by atomic mass is 32.2. The van der Waals surface area contributed by atoms with E-state index in [1.54, 1.807) is 10.9 Å². The van der Waals surface area contributed by atoms with E-state index in [2.05, 4.69) is 10.4 Å². The zero-order chi connectivity index (χ0) is 19.4. The fraction of sp³-hybridized carbons (Fsp3) is 0.118. The summed E-state index contributed by atoms with van der Waals surface area (Å²) in [5, 5.41) is 23.6. The molecule has 0 amide bonds. The van der Waals surface area contributed by atoms with Gasteiger partial charge in [0.15, 0.2) is 4.90 Å². The molecule has 0 unspecified atom stereocenters. The summed E-state index contributed by atoms with van der Waals surface area (Å²) in [6, 6.07) is 13.7. The van der Waals surface area contributed by atoms with Gasteiger partial charge >= 0.3 is 5.69 Å². The predicted molar refractivity (Wildman–Crippen MR) is 99.6 cm³/mol. The summed E-state index contributed by atoms with van der Waals surface area (Å²) in [7, 11) is -4.21. The van der Waals surface area contributed by atoms with Crippen molar-refractivity contribution >= 4 is 21.4 Å². The smallest absolute Gasteiger partial charge is 0.312 e. The molecule has 0 spiro atoms. The minimum atomic E-state index is -4.21. The van der Waals surface area contributed by atoms with Crippen LogP contribution in [0.15, 0.2) is 65.8 Å². The number of nitrogens with zero attached hydrogens (tertiary/aromatic N) is 3. The van der Waals surface area contributed by atoms with Crippen molar-refractivity contribution in [1.29, 1.82) is 0 Å². The lowest BCUT2D eigenvalue weighted by atomic mass is 10.2. The number of nitro groups is 1. The summed E-state index contributed by atoms with van der Waals surface area (Å²) in [5.74, 6) is 0. The number of benzene rings is 2. The van der Waals surface area contributed by atoms with E-state index in [1.807, 2.05) is 36.5 Å². The zero-order valence-corrected chi connectivity index (χ0v) is 15.0. The van der Waals surface area contributed by atoms with E-state index in [1.165, 1.54) is 12.1 Å². The number of nitro benzene ring substituents is 1. The fourth-order valence-electron chi connectivity index (χ4n) is 2.63. The van der Waals surface area contributed by atoms with Crippen LogP contribution in [0.2, 0.25) is 0 Å². The van der Waals surface area contributed by atoms with E-state index >= 15 is 0 Å². The molecule has 10 heteroatoms.